The summed E-state index contributed by atoms with van der Waals surface area (Å²) >= 11 is 0. The molecule has 0 unspecified atom stereocenters. The zero-order chi connectivity index (χ0) is 18.9. The van der Waals surface area contributed by atoms with Gasteiger partial charge in [0.1, 0.15) is 5.25 Å². The van der Waals surface area contributed by atoms with E-state index in [2.05, 4.69) is 4.72 Å². The molecule has 2 saturated heterocycles. The van der Waals surface area contributed by atoms with E-state index in [4.69, 9.17) is 0 Å². The van der Waals surface area contributed by atoms with Gasteiger partial charge in [0.2, 0.25) is 15.9 Å². The maximum Gasteiger partial charge on any atom is 0.401 e. The second-order valence-corrected chi connectivity index (χ2v) is 9.67. The van der Waals surface area contributed by atoms with Gasteiger partial charge in [0.05, 0.1) is 6.54 Å². The first-order chi connectivity index (χ1) is 12.1. The van der Waals surface area contributed by atoms with Crippen LogP contribution in [0.3, 0.4) is 0 Å². The van der Waals surface area contributed by atoms with Gasteiger partial charge in [-0.25, -0.2) is 13.1 Å². The van der Waals surface area contributed by atoms with E-state index in [9.17, 15) is 26.4 Å². The van der Waals surface area contributed by atoms with Gasteiger partial charge in [-0.2, -0.15) is 13.2 Å². The number of sulfonamides is 1. The topological polar surface area (TPSA) is 69.7 Å². The molecule has 3 aliphatic rings. The molecule has 1 saturated carbocycles. The van der Waals surface area contributed by atoms with Gasteiger partial charge in [0, 0.05) is 25.0 Å². The Kier molecular flexibility index (Phi) is 5.83. The fourth-order valence-corrected chi connectivity index (χ4v) is 5.68. The Morgan fingerprint density at radius 2 is 1.62 bits per heavy atom. The van der Waals surface area contributed by atoms with Crippen LogP contribution in [0.15, 0.2) is 0 Å². The number of piperidine rings is 1. The third kappa shape index (κ3) is 4.89. The molecule has 0 bridgehead atoms. The summed E-state index contributed by atoms with van der Waals surface area (Å²) in [6.45, 7) is -0.0818. The SMILES string of the molecule is O=C(C1CCN(CC(F)(F)F)CC1)N1CC(S(=O)(=O)NC2CCCC2)C1. The number of carbonyl (C=O) groups excluding carboxylic acids is 1. The van der Waals surface area contributed by atoms with E-state index in [0.717, 1.165) is 25.7 Å². The number of nitrogens with one attached hydrogen (secondary N) is 1. The Bertz CT molecular complexity index is 606. The summed E-state index contributed by atoms with van der Waals surface area (Å²) in [4.78, 5) is 15.3. The van der Waals surface area contributed by atoms with E-state index < -0.39 is 28.0 Å². The normalized spacial score (nSPS) is 24.8. The Morgan fingerprint density at radius 1 is 1.04 bits per heavy atom. The lowest BCUT2D eigenvalue weighted by Gasteiger charge is -2.42. The van der Waals surface area contributed by atoms with Crippen LogP contribution in [-0.4, -0.2) is 74.3 Å². The highest BCUT2D eigenvalue weighted by molar-refractivity contribution is 7.90. The van der Waals surface area contributed by atoms with Crippen molar-refractivity contribution in [3.05, 3.63) is 0 Å². The Labute approximate surface area is 152 Å². The number of rotatable bonds is 5. The lowest BCUT2D eigenvalue weighted by Crippen LogP contribution is -2.61. The van der Waals surface area contributed by atoms with Crippen LogP contribution in [0.25, 0.3) is 0 Å². The highest BCUT2D eigenvalue weighted by Gasteiger charge is 2.43. The first kappa shape index (κ1) is 19.9. The quantitative estimate of drug-likeness (QED) is 0.760. The van der Waals surface area contributed by atoms with Crippen molar-refractivity contribution in [1.82, 2.24) is 14.5 Å². The van der Waals surface area contributed by atoms with Gasteiger partial charge in [0.15, 0.2) is 0 Å². The highest BCUT2D eigenvalue weighted by Crippen LogP contribution is 2.27. The summed E-state index contributed by atoms with van der Waals surface area (Å²) in [6.07, 6.45) is 0.371. The molecular formula is C16H26F3N3O3S. The minimum atomic E-state index is -4.22. The van der Waals surface area contributed by atoms with Crippen molar-refractivity contribution < 1.29 is 26.4 Å². The molecule has 3 rings (SSSR count). The number of hydrogen-bond acceptors (Lipinski definition) is 4. The molecule has 0 radical (unpaired) electrons. The maximum atomic E-state index is 12.5. The largest absolute Gasteiger partial charge is 0.401 e. The standard InChI is InChI=1S/C16H26F3N3O3S/c17-16(18,19)11-21-7-5-12(6-8-21)15(23)22-9-14(10-22)26(24,25)20-13-3-1-2-4-13/h12-14,20H,1-11H2. The summed E-state index contributed by atoms with van der Waals surface area (Å²) < 4.78 is 64.6. The van der Waals surface area contributed by atoms with E-state index in [1.54, 1.807) is 0 Å². The van der Waals surface area contributed by atoms with E-state index in [0.29, 0.717) is 12.8 Å². The number of alkyl halides is 3. The van der Waals surface area contributed by atoms with Crippen molar-refractivity contribution in [2.24, 2.45) is 5.92 Å². The predicted molar refractivity (Wildman–Crippen MR) is 89.9 cm³/mol. The van der Waals surface area contributed by atoms with Gasteiger partial charge in [-0.1, -0.05) is 12.8 Å². The number of carbonyl (C=O) groups is 1. The zero-order valence-corrected chi connectivity index (χ0v) is 15.5. The van der Waals surface area contributed by atoms with E-state index >= 15 is 0 Å². The Balaban J connectivity index is 1.42. The lowest BCUT2D eigenvalue weighted by molar-refractivity contribution is -0.151. The molecule has 10 heteroatoms. The first-order valence-electron chi connectivity index (χ1n) is 9.23. The second kappa shape index (κ2) is 7.63. The monoisotopic (exact) mass is 397 g/mol. The highest BCUT2D eigenvalue weighted by atomic mass is 32.2. The van der Waals surface area contributed by atoms with Gasteiger partial charge in [-0.3, -0.25) is 9.69 Å². The van der Waals surface area contributed by atoms with Gasteiger partial charge in [0.25, 0.3) is 0 Å². The number of halogens is 3. The molecule has 0 aromatic heterocycles. The Morgan fingerprint density at radius 3 is 2.15 bits per heavy atom. The smallest absolute Gasteiger partial charge is 0.340 e. The minimum Gasteiger partial charge on any atom is -0.340 e. The van der Waals surface area contributed by atoms with Crippen LogP contribution in [0.2, 0.25) is 0 Å². The summed E-state index contributed by atoms with van der Waals surface area (Å²) in [5.41, 5.74) is 0. The van der Waals surface area contributed by atoms with Gasteiger partial charge < -0.3 is 4.90 Å². The number of hydrogen-bond donors (Lipinski definition) is 1. The summed E-state index contributed by atoms with van der Waals surface area (Å²) in [6, 6.07) is 0.0164. The number of nitrogens with zero attached hydrogens (tertiary/aromatic N) is 2. The van der Waals surface area contributed by atoms with Crippen LogP contribution >= 0.6 is 0 Å². The molecule has 6 nitrogen and oxygen atoms in total. The van der Waals surface area contributed by atoms with Crippen molar-refractivity contribution in [1.29, 1.82) is 0 Å². The van der Waals surface area contributed by atoms with E-state index in [1.807, 2.05) is 0 Å². The van der Waals surface area contributed by atoms with Gasteiger partial charge in [-0.05, 0) is 38.8 Å². The molecule has 2 aliphatic heterocycles. The Hall–Kier alpha value is -0.870. The molecule has 26 heavy (non-hydrogen) atoms. The molecule has 150 valence electrons. The van der Waals surface area contributed by atoms with Crippen LogP contribution in [0, 0.1) is 5.92 Å². The third-order valence-corrected chi connectivity index (χ3v) is 7.46. The average molecular weight is 397 g/mol. The molecule has 0 spiro atoms. The van der Waals surface area contributed by atoms with E-state index in [-0.39, 0.29) is 44.0 Å². The van der Waals surface area contributed by atoms with E-state index in [1.165, 1.54) is 9.80 Å². The number of amides is 1. The third-order valence-electron chi connectivity index (χ3n) is 5.62. The van der Waals surface area contributed by atoms with Crippen LogP contribution < -0.4 is 4.72 Å². The number of likely N-dealkylation sites (tertiary alicyclic amines) is 2. The summed E-state index contributed by atoms with van der Waals surface area (Å²) in [5.74, 6) is -0.421. The second-order valence-electron chi connectivity index (χ2n) is 7.68. The molecule has 3 fully saturated rings. The molecular weight excluding hydrogens is 371 g/mol. The predicted octanol–water partition coefficient (Wildman–Crippen LogP) is 1.33. The van der Waals surface area contributed by atoms with Gasteiger partial charge >= 0.3 is 6.18 Å². The van der Waals surface area contributed by atoms with Crippen molar-refractivity contribution in [3.8, 4) is 0 Å². The summed E-state index contributed by atoms with van der Waals surface area (Å²) in [7, 11) is -3.41. The summed E-state index contributed by atoms with van der Waals surface area (Å²) in [5, 5.41) is -0.572. The molecule has 1 N–H and O–H groups in total. The molecule has 1 amide bonds. The minimum absolute atomic E-state index is 0.0164. The van der Waals surface area contributed by atoms with Crippen LogP contribution in [0.4, 0.5) is 13.2 Å². The van der Waals surface area contributed by atoms with Crippen molar-refractivity contribution in [2.75, 3.05) is 32.7 Å². The molecule has 0 aromatic carbocycles. The average Bonchev–Trinajstić information content (AvgIpc) is 2.96. The zero-order valence-electron chi connectivity index (χ0n) is 14.7. The van der Waals surface area contributed by atoms with Crippen molar-refractivity contribution in [3.63, 3.8) is 0 Å². The van der Waals surface area contributed by atoms with Crippen molar-refractivity contribution in [2.45, 2.75) is 56.0 Å². The van der Waals surface area contributed by atoms with Crippen LogP contribution in [-0.2, 0) is 14.8 Å². The molecule has 2 heterocycles. The van der Waals surface area contributed by atoms with Crippen molar-refractivity contribution >= 4 is 15.9 Å². The van der Waals surface area contributed by atoms with Crippen LogP contribution in [0.5, 0.6) is 0 Å². The molecule has 0 atom stereocenters. The first-order valence-corrected chi connectivity index (χ1v) is 10.8. The molecule has 0 aromatic rings. The molecule has 1 aliphatic carbocycles. The van der Waals surface area contributed by atoms with Crippen LogP contribution in [0.1, 0.15) is 38.5 Å². The lowest BCUT2D eigenvalue weighted by atomic mass is 9.94. The fourth-order valence-electron chi connectivity index (χ4n) is 4.04. The fraction of sp³-hybridized carbons (Fsp3) is 0.938. The maximum absolute atomic E-state index is 12.5. The van der Waals surface area contributed by atoms with Gasteiger partial charge in [-0.15, -0.1) is 0 Å².